The summed E-state index contributed by atoms with van der Waals surface area (Å²) < 4.78 is 26.9. The van der Waals surface area contributed by atoms with E-state index in [1.165, 1.54) is 74.7 Å². The van der Waals surface area contributed by atoms with Gasteiger partial charge in [0.05, 0.1) is 29.9 Å². The number of esters is 4. The summed E-state index contributed by atoms with van der Waals surface area (Å²) in [4.78, 5) is 49.6. The van der Waals surface area contributed by atoms with Crippen molar-refractivity contribution in [2.45, 2.75) is 78.2 Å². The lowest BCUT2D eigenvalue weighted by atomic mass is 10.2. The summed E-state index contributed by atoms with van der Waals surface area (Å²) in [7, 11) is 0. The van der Waals surface area contributed by atoms with Crippen molar-refractivity contribution < 1.29 is 42.9 Å². The molecule has 0 saturated carbocycles. The van der Waals surface area contributed by atoms with Gasteiger partial charge in [-0.3, -0.25) is 0 Å². The number of carbonyl (C=O) groups excluding carboxylic acids is 4. The average Bonchev–Trinajstić information content (AvgIpc) is 3.05. The van der Waals surface area contributed by atoms with Crippen LogP contribution in [0.1, 0.15) is 103 Å². The van der Waals surface area contributed by atoms with Crippen LogP contribution in [0.5, 0.6) is 17.2 Å². The topological polar surface area (TPSA) is 114 Å². The van der Waals surface area contributed by atoms with Gasteiger partial charge < -0.3 is 23.7 Å². The van der Waals surface area contributed by atoms with E-state index >= 15 is 0 Å². The third-order valence-electron chi connectivity index (χ3n) is 6.82. The summed E-state index contributed by atoms with van der Waals surface area (Å²) in [6.07, 6.45) is 7.44. The van der Waals surface area contributed by atoms with Gasteiger partial charge in [0.15, 0.2) is 6.10 Å². The van der Waals surface area contributed by atoms with Gasteiger partial charge in [0.25, 0.3) is 0 Å². The molecule has 3 aromatic rings. The maximum Gasteiger partial charge on any atom is 0.347 e. The zero-order chi connectivity index (χ0) is 32.4. The molecule has 9 nitrogen and oxygen atoms in total. The van der Waals surface area contributed by atoms with Crippen LogP contribution in [0.4, 0.5) is 0 Å². The molecule has 0 aliphatic carbocycles. The molecule has 0 unspecified atom stereocenters. The number of hydrogen-bond acceptors (Lipinski definition) is 9. The molecule has 0 aromatic heterocycles. The molecule has 0 N–H and O–H groups in total. The Bertz CT molecular complexity index is 1360. The molecule has 0 aliphatic rings. The molecular formula is C36H42O9. The lowest BCUT2D eigenvalue weighted by Crippen LogP contribution is -2.26. The third-order valence-corrected chi connectivity index (χ3v) is 6.82. The Kier molecular flexibility index (Phi) is 14.6. The number of unbranched alkanes of at least 4 members (excludes halogenated alkanes) is 6. The van der Waals surface area contributed by atoms with Crippen molar-refractivity contribution in [2.24, 2.45) is 0 Å². The molecule has 0 fully saturated rings. The lowest BCUT2D eigenvalue weighted by Gasteiger charge is -2.13. The van der Waals surface area contributed by atoms with Gasteiger partial charge in [-0.15, -0.1) is 0 Å². The molecule has 0 amide bonds. The second-order valence-corrected chi connectivity index (χ2v) is 10.5. The fourth-order valence-electron chi connectivity index (χ4n) is 4.15. The normalized spacial score (nSPS) is 11.3. The highest BCUT2D eigenvalue weighted by molar-refractivity contribution is 5.93. The summed E-state index contributed by atoms with van der Waals surface area (Å²) in [6, 6.07) is 18.5. The van der Waals surface area contributed by atoms with Crippen molar-refractivity contribution in [3.05, 3.63) is 89.5 Å². The SMILES string of the molecule is CCCCCCCOc1ccc(C(=O)Oc2ccc(C(=O)Oc3ccc(C(=O)O[C@@H](C)C(=O)OCCCCC)cc3)cc2)cc1. The first-order valence-corrected chi connectivity index (χ1v) is 15.6. The fourth-order valence-corrected chi connectivity index (χ4v) is 4.15. The molecule has 0 bridgehead atoms. The molecule has 3 rings (SSSR count). The number of carbonyl (C=O) groups is 4. The summed E-state index contributed by atoms with van der Waals surface area (Å²) >= 11 is 0. The van der Waals surface area contributed by atoms with Gasteiger partial charge in [0, 0.05) is 0 Å². The van der Waals surface area contributed by atoms with Crippen LogP contribution in [0.3, 0.4) is 0 Å². The van der Waals surface area contributed by atoms with Gasteiger partial charge in [0.2, 0.25) is 0 Å². The summed E-state index contributed by atoms with van der Waals surface area (Å²) in [5.41, 5.74) is 0.797. The maximum atomic E-state index is 12.6. The van der Waals surface area contributed by atoms with E-state index in [2.05, 4.69) is 6.92 Å². The minimum Gasteiger partial charge on any atom is -0.494 e. The smallest absolute Gasteiger partial charge is 0.347 e. The highest BCUT2D eigenvalue weighted by Gasteiger charge is 2.20. The van der Waals surface area contributed by atoms with E-state index in [4.69, 9.17) is 23.7 Å². The van der Waals surface area contributed by atoms with Gasteiger partial charge in [-0.2, -0.15) is 0 Å². The standard InChI is InChI=1S/C36H42O9/c1-4-6-8-9-11-24-41-30-18-12-28(13-19-30)35(39)44-32-22-16-29(17-23-32)36(40)45-31-20-14-27(15-21-31)34(38)43-26(3)33(37)42-25-10-7-5-2/h12-23,26H,4-11,24-25H2,1-3H3/t26-/m0/s1. The average molecular weight is 619 g/mol. The monoisotopic (exact) mass is 618 g/mol. The fraction of sp³-hybridized carbons (Fsp3) is 0.389. The third kappa shape index (κ3) is 12.1. The van der Waals surface area contributed by atoms with Crippen LogP contribution in [0.25, 0.3) is 0 Å². The van der Waals surface area contributed by atoms with Crippen molar-refractivity contribution >= 4 is 23.9 Å². The molecule has 1 atom stereocenters. The Balaban J connectivity index is 1.44. The van der Waals surface area contributed by atoms with Gasteiger partial charge in [-0.25, -0.2) is 19.2 Å². The highest BCUT2D eigenvalue weighted by atomic mass is 16.6. The van der Waals surface area contributed by atoms with Crippen molar-refractivity contribution in [2.75, 3.05) is 13.2 Å². The zero-order valence-electron chi connectivity index (χ0n) is 26.3. The first kappa shape index (κ1) is 34.8. The van der Waals surface area contributed by atoms with Crippen LogP contribution in [0.15, 0.2) is 72.8 Å². The molecule has 9 heteroatoms. The predicted octanol–water partition coefficient (Wildman–Crippen LogP) is 7.75. The van der Waals surface area contributed by atoms with E-state index < -0.39 is 30.0 Å². The van der Waals surface area contributed by atoms with Crippen LogP contribution in [0, 0.1) is 0 Å². The van der Waals surface area contributed by atoms with E-state index in [9.17, 15) is 19.2 Å². The van der Waals surface area contributed by atoms with Crippen molar-refractivity contribution in [1.29, 1.82) is 0 Å². The highest BCUT2D eigenvalue weighted by Crippen LogP contribution is 2.20. The van der Waals surface area contributed by atoms with E-state index in [1.54, 1.807) is 24.3 Å². The molecule has 0 aliphatic heterocycles. The van der Waals surface area contributed by atoms with Gasteiger partial charge in [0.1, 0.15) is 17.2 Å². The number of ether oxygens (including phenoxy) is 5. The zero-order valence-corrected chi connectivity index (χ0v) is 26.3. The van der Waals surface area contributed by atoms with E-state index in [0.717, 1.165) is 32.1 Å². The molecule has 240 valence electrons. The summed E-state index contributed by atoms with van der Waals surface area (Å²) in [6.45, 7) is 6.60. The molecule has 45 heavy (non-hydrogen) atoms. The molecule has 3 aromatic carbocycles. The van der Waals surface area contributed by atoms with Crippen molar-refractivity contribution in [3.63, 3.8) is 0 Å². The molecule has 0 heterocycles. The number of benzene rings is 3. The minimum atomic E-state index is -1.05. The van der Waals surface area contributed by atoms with Crippen molar-refractivity contribution in [3.8, 4) is 17.2 Å². The Hall–Kier alpha value is -4.66. The van der Waals surface area contributed by atoms with Crippen LogP contribution in [-0.2, 0) is 14.3 Å². The van der Waals surface area contributed by atoms with Crippen LogP contribution < -0.4 is 14.2 Å². The van der Waals surface area contributed by atoms with Gasteiger partial charge >= 0.3 is 23.9 Å². The Morgan fingerprint density at radius 1 is 0.533 bits per heavy atom. The van der Waals surface area contributed by atoms with E-state index in [0.29, 0.717) is 17.9 Å². The maximum absolute atomic E-state index is 12.6. The second kappa shape index (κ2) is 18.9. The Labute approximate surface area is 264 Å². The molecule has 0 saturated heterocycles. The van der Waals surface area contributed by atoms with E-state index in [-0.39, 0.29) is 29.2 Å². The largest absolute Gasteiger partial charge is 0.494 e. The van der Waals surface area contributed by atoms with Crippen LogP contribution >= 0.6 is 0 Å². The number of hydrogen-bond donors (Lipinski definition) is 0. The van der Waals surface area contributed by atoms with Crippen LogP contribution in [0.2, 0.25) is 0 Å². The molecule has 0 spiro atoms. The lowest BCUT2D eigenvalue weighted by molar-refractivity contribution is -0.153. The Morgan fingerprint density at radius 3 is 1.47 bits per heavy atom. The first-order valence-electron chi connectivity index (χ1n) is 15.6. The predicted molar refractivity (Wildman–Crippen MR) is 169 cm³/mol. The van der Waals surface area contributed by atoms with Crippen molar-refractivity contribution in [1.82, 2.24) is 0 Å². The van der Waals surface area contributed by atoms with Gasteiger partial charge in [-0.1, -0.05) is 52.4 Å². The molecular weight excluding hydrogens is 576 g/mol. The summed E-state index contributed by atoms with van der Waals surface area (Å²) in [5.74, 6) is -1.30. The van der Waals surface area contributed by atoms with Crippen LogP contribution in [-0.4, -0.2) is 43.2 Å². The summed E-state index contributed by atoms with van der Waals surface area (Å²) in [5, 5.41) is 0. The van der Waals surface area contributed by atoms with Gasteiger partial charge in [-0.05, 0) is 92.6 Å². The minimum absolute atomic E-state index is 0.187. The first-order chi connectivity index (χ1) is 21.8. The quantitative estimate of drug-likeness (QED) is 0.0801. The number of rotatable bonds is 18. The second-order valence-electron chi connectivity index (χ2n) is 10.5. The molecule has 0 radical (unpaired) electrons. The van der Waals surface area contributed by atoms with E-state index in [1.807, 2.05) is 6.92 Å². The Morgan fingerprint density at radius 2 is 0.956 bits per heavy atom.